The smallest absolute Gasteiger partial charge is 0.331 e. The van der Waals surface area contributed by atoms with E-state index in [-0.39, 0.29) is 5.56 Å². The number of carbonyl (C=O) groups is 2. The first kappa shape index (κ1) is 23.9. The molecular weight excluding hydrogens is 470 g/mol. The van der Waals surface area contributed by atoms with Crippen LogP contribution in [0.25, 0.3) is 16.7 Å². The van der Waals surface area contributed by atoms with Gasteiger partial charge in [-0.25, -0.2) is 4.79 Å². The molecule has 0 unspecified atom stereocenters. The lowest BCUT2D eigenvalue weighted by atomic mass is 10.2. The highest BCUT2D eigenvalue weighted by molar-refractivity contribution is 7.98. The number of fused-ring (bicyclic) bond motifs is 1. The lowest BCUT2D eigenvalue weighted by Gasteiger charge is -2.10. The molecule has 0 saturated carbocycles. The lowest BCUT2D eigenvalue weighted by Crippen LogP contribution is -2.36. The number of carbonyl (C=O) groups excluding carboxylic acids is 2. The van der Waals surface area contributed by atoms with Crippen LogP contribution in [0.5, 0.6) is 17.2 Å². The summed E-state index contributed by atoms with van der Waals surface area (Å²) in [5.74, 6) is 1.08. The van der Waals surface area contributed by atoms with Gasteiger partial charge in [0.05, 0.1) is 26.5 Å². The van der Waals surface area contributed by atoms with Gasteiger partial charge < -0.3 is 14.2 Å². The second-order valence-electron chi connectivity index (χ2n) is 7.12. The van der Waals surface area contributed by atoms with Crippen molar-refractivity contribution in [2.45, 2.75) is 11.8 Å². The Morgan fingerprint density at radius 2 is 1.66 bits per heavy atom. The van der Waals surface area contributed by atoms with Crippen molar-refractivity contribution < 1.29 is 23.8 Å². The van der Waals surface area contributed by atoms with Crippen molar-refractivity contribution in [1.29, 1.82) is 0 Å². The van der Waals surface area contributed by atoms with Gasteiger partial charge in [-0.05, 0) is 79.5 Å². The highest BCUT2D eigenvalue weighted by Gasteiger charge is 2.14. The molecule has 1 heterocycles. The molecule has 0 bridgehead atoms. The molecule has 4 aromatic rings. The molecule has 2 N–H and O–H groups in total. The Hall–Kier alpha value is -4.25. The van der Waals surface area contributed by atoms with Crippen molar-refractivity contribution in [2.24, 2.45) is 0 Å². The van der Waals surface area contributed by atoms with Gasteiger partial charge in [-0.2, -0.15) is 4.80 Å². The molecular formula is C24H23N5O5S. The van der Waals surface area contributed by atoms with Crippen molar-refractivity contribution in [2.75, 3.05) is 20.8 Å². The second kappa shape index (κ2) is 10.8. The third kappa shape index (κ3) is 5.64. The fourth-order valence-corrected chi connectivity index (χ4v) is 3.77. The molecule has 0 fully saturated rings. The van der Waals surface area contributed by atoms with E-state index in [2.05, 4.69) is 20.2 Å². The number of hydrogen-bond acceptors (Lipinski definition) is 8. The molecule has 3 amide bonds. The van der Waals surface area contributed by atoms with Crippen LogP contribution in [0.2, 0.25) is 0 Å². The molecule has 0 aliphatic rings. The predicted octanol–water partition coefficient (Wildman–Crippen LogP) is 3.98. The zero-order valence-corrected chi connectivity index (χ0v) is 20.1. The summed E-state index contributed by atoms with van der Waals surface area (Å²) >= 11 is 1.05. The second-order valence-corrected chi connectivity index (χ2v) is 8.00. The van der Waals surface area contributed by atoms with Gasteiger partial charge in [-0.15, -0.1) is 10.2 Å². The Morgan fingerprint density at radius 3 is 2.37 bits per heavy atom. The number of rotatable bonds is 8. The number of nitrogens with one attached hydrogen (secondary N) is 2. The molecule has 0 aliphatic carbocycles. The van der Waals surface area contributed by atoms with Gasteiger partial charge in [-0.1, -0.05) is 0 Å². The van der Waals surface area contributed by atoms with Crippen LogP contribution >= 0.6 is 11.9 Å². The lowest BCUT2D eigenvalue weighted by molar-refractivity contribution is 0.0965. The summed E-state index contributed by atoms with van der Waals surface area (Å²) in [6.45, 7) is 2.53. The Bertz CT molecular complexity index is 1360. The quantitative estimate of drug-likeness (QED) is 0.354. The maximum absolute atomic E-state index is 12.4. The van der Waals surface area contributed by atoms with Crippen molar-refractivity contribution in [3.05, 3.63) is 66.2 Å². The van der Waals surface area contributed by atoms with E-state index in [1.807, 2.05) is 37.3 Å². The first-order valence-corrected chi connectivity index (χ1v) is 11.4. The van der Waals surface area contributed by atoms with Crippen LogP contribution < -0.4 is 24.2 Å². The Morgan fingerprint density at radius 1 is 0.914 bits per heavy atom. The molecule has 0 spiro atoms. The number of hydrogen-bond donors (Lipinski definition) is 2. The van der Waals surface area contributed by atoms with Crippen molar-refractivity contribution in [1.82, 2.24) is 25.0 Å². The zero-order valence-electron chi connectivity index (χ0n) is 19.3. The highest BCUT2D eigenvalue weighted by atomic mass is 32.2. The summed E-state index contributed by atoms with van der Waals surface area (Å²) in [6.07, 6.45) is 0. The topological polar surface area (TPSA) is 117 Å². The van der Waals surface area contributed by atoms with Crippen LogP contribution in [-0.2, 0) is 0 Å². The van der Waals surface area contributed by atoms with Crippen molar-refractivity contribution in [3.63, 3.8) is 0 Å². The van der Waals surface area contributed by atoms with Gasteiger partial charge in [0.15, 0.2) is 11.5 Å². The summed E-state index contributed by atoms with van der Waals surface area (Å²) in [5, 5.41) is 11.3. The van der Waals surface area contributed by atoms with E-state index in [1.165, 1.54) is 25.1 Å². The zero-order chi connectivity index (χ0) is 24.8. The predicted molar refractivity (Wildman–Crippen MR) is 131 cm³/mol. The number of nitrogens with zero attached hydrogens (tertiary/aromatic N) is 3. The summed E-state index contributed by atoms with van der Waals surface area (Å²) in [7, 11) is 2.97. The molecule has 4 rings (SSSR count). The first-order valence-electron chi connectivity index (χ1n) is 10.6. The number of ether oxygens (including phenoxy) is 3. The molecule has 35 heavy (non-hydrogen) atoms. The number of benzene rings is 3. The minimum atomic E-state index is -0.659. The minimum absolute atomic E-state index is 0.259. The normalized spacial score (nSPS) is 10.6. The summed E-state index contributed by atoms with van der Waals surface area (Å²) < 4.78 is 18.4. The van der Waals surface area contributed by atoms with Gasteiger partial charge in [-0.3, -0.25) is 14.8 Å². The van der Waals surface area contributed by atoms with Gasteiger partial charge in [0, 0.05) is 10.5 Å². The maximum atomic E-state index is 12.4. The van der Waals surface area contributed by atoms with E-state index in [0.29, 0.717) is 29.1 Å². The van der Waals surface area contributed by atoms with Crippen LogP contribution in [0.4, 0.5) is 4.79 Å². The minimum Gasteiger partial charge on any atom is -0.494 e. The van der Waals surface area contributed by atoms with E-state index in [4.69, 9.17) is 14.2 Å². The van der Waals surface area contributed by atoms with Gasteiger partial charge >= 0.3 is 6.03 Å². The average molecular weight is 494 g/mol. The van der Waals surface area contributed by atoms with Crippen LogP contribution in [0, 0.1) is 0 Å². The number of urea groups is 1. The standard InChI is InChI=1S/C24H23N5O5S/c1-4-34-17-8-6-16(7-9-17)29-26-19-11-10-18(14-20(19)27-29)35-28-24(31)25-23(30)15-5-12-21(32-2)22(13-15)33-3/h5-14H,4H2,1-3H3,(H2,25,28,30,31). The fourth-order valence-electron chi connectivity index (χ4n) is 3.20. The summed E-state index contributed by atoms with van der Waals surface area (Å²) in [4.78, 5) is 26.9. The number of methoxy groups -OCH3 is 2. The van der Waals surface area contributed by atoms with Crippen LogP contribution in [0.3, 0.4) is 0 Å². The largest absolute Gasteiger partial charge is 0.494 e. The SMILES string of the molecule is CCOc1ccc(-n2nc3ccc(SNC(=O)NC(=O)c4ccc(OC)c(OC)c4)cc3n2)cc1. The van der Waals surface area contributed by atoms with Crippen molar-refractivity contribution >= 4 is 34.9 Å². The Balaban J connectivity index is 1.38. The molecule has 180 valence electrons. The molecule has 0 atom stereocenters. The van der Waals surface area contributed by atoms with Crippen molar-refractivity contribution in [3.8, 4) is 22.9 Å². The summed E-state index contributed by atoms with van der Waals surface area (Å²) in [6, 6.07) is 16.9. The maximum Gasteiger partial charge on any atom is 0.331 e. The molecule has 11 heteroatoms. The molecule has 0 saturated heterocycles. The van der Waals surface area contributed by atoms with E-state index in [1.54, 1.807) is 24.3 Å². The van der Waals surface area contributed by atoms with Gasteiger partial charge in [0.2, 0.25) is 0 Å². The molecule has 0 aliphatic heterocycles. The third-order valence-electron chi connectivity index (χ3n) is 4.86. The fraction of sp³-hybridized carbons (Fsp3) is 0.167. The van der Waals surface area contributed by atoms with E-state index < -0.39 is 11.9 Å². The number of amides is 3. The first-order chi connectivity index (χ1) is 17.0. The van der Waals surface area contributed by atoms with Crippen LogP contribution in [0.15, 0.2) is 65.6 Å². The van der Waals surface area contributed by atoms with E-state index in [9.17, 15) is 9.59 Å². The molecule has 3 aromatic carbocycles. The van der Waals surface area contributed by atoms with Crippen LogP contribution in [0.1, 0.15) is 17.3 Å². The number of imide groups is 1. The average Bonchev–Trinajstić information content (AvgIpc) is 3.31. The molecule has 0 radical (unpaired) electrons. The molecule has 10 nitrogen and oxygen atoms in total. The monoisotopic (exact) mass is 493 g/mol. The number of aromatic nitrogens is 3. The highest BCUT2D eigenvalue weighted by Crippen LogP contribution is 2.27. The Labute approximate surface area is 205 Å². The van der Waals surface area contributed by atoms with E-state index >= 15 is 0 Å². The van der Waals surface area contributed by atoms with E-state index in [0.717, 1.165) is 28.3 Å². The van der Waals surface area contributed by atoms with Gasteiger partial charge in [0.1, 0.15) is 16.8 Å². The Kier molecular flexibility index (Phi) is 7.36. The summed E-state index contributed by atoms with van der Waals surface area (Å²) in [5.41, 5.74) is 2.42. The van der Waals surface area contributed by atoms with Crippen LogP contribution in [-0.4, -0.2) is 47.8 Å². The third-order valence-corrected chi connectivity index (χ3v) is 5.64. The van der Waals surface area contributed by atoms with Gasteiger partial charge in [0.25, 0.3) is 5.91 Å². The molecule has 1 aromatic heterocycles.